The van der Waals surface area contributed by atoms with Crippen molar-refractivity contribution in [2.24, 2.45) is 0 Å². The van der Waals surface area contributed by atoms with E-state index >= 15 is 0 Å². The van der Waals surface area contributed by atoms with Gasteiger partial charge in [-0.2, -0.15) is 4.98 Å². The Bertz CT molecular complexity index is 1080. The number of amides is 1. The molecule has 1 N–H and O–H groups in total. The van der Waals surface area contributed by atoms with Crippen LogP contribution in [0.3, 0.4) is 0 Å². The van der Waals surface area contributed by atoms with E-state index in [4.69, 9.17) is 14.0 Å². The van der Waals surface area contributed by atoms with Gasteiger partial charge in [-0.25, -0.2) is 4.98 Å². The van der Waals surface area contributed by atoms with Crippen LogP contribution in [-0.2, 0) is 4.79 Å². The number of aryl methyl sites for hydroxylation is 1. The molecule has 3 aromatic rings. The number of anilines is 1. The summed E-state index contributed by atoms with van der Waals surface area (Å²) in [6.45, 7) is 3.51. The predicted octanol–water partition coefficient (Wildman–Crippen LogP) is 2.37. The molecule has 5 rings (SSSR count). The van der Waals surface area contributed by atoms with Crippen molar-refractivity contribution in [3.8, 4) is 23.0 Å². The molecule has 31 heavy (non-hydrogen) atoms. The Labute approximate surface area is 179 Å². The molecule has 1 fully saturated rings. The lowest BCUT2D eigenvalue weighted by Gasteiger charge is -2.34. The molecule has 1 aromatic carbocycles. The SMILES string of the molecule is Cc1noc(-c2cccnc2N2CCC(NC(=O)C3COc4ccccc4O3)CC2)n1. The average Bonchev–Trinajstić information content (AvgIpc) is 3.25. The van der Waals surface area contributed by atoms with E-state index in [0.29, 0.717) is 23.2 Å². The van der Waals surface area contributed by atoms with Crippen LogP contribution in [0.4, 0.5) is 5.82 Å². The lowest BCUT2D eigenvalue weighted by molar-refractivity contribution is -0.131. The van der Waals surface area contributed by atoms with Gasteiger partial charge in [0.2, 0.25) is 6.10 Å². The number of fused-ring (bicyclic) bond motifs is 1. The summed E-state index contributed by atoms with van der Waals surface area (Å²) in [6.07, 6.45) is 2.72. The second-order valence-corrected chi connectivity index (χ2v) is 7.66. The first-order valence-corrected chi connectivity index (χ1v) is 10.4. The van der Waals surface area contributed by atoms with Crippen LogP contribution in [0, 0.1) is 6.92 Å². The molecule has 4 heterocycles. The Morgan fingerprint density at radius 2 is 1.94 bits per heavy atom. The molecule has 1 saturated heterocycles. The van der Waals surface area contributed by atoms with Crippen molar-refractivity contribution in [3.63, 3.8) is 0 Å². The van der Waals surface area contributed by atoms with Gasteiger partial charge in [-0.1, -0.05) is 17.3 Å². The van der Waals surface area contributed by atoms with Crippen LogP contribution in [0.15, 0.2) is 47.1 Å². The molecular weight excluding hydrogens is 398 g/mol. The number of nitrogens with zero attached hydrogens (tertiary/aromatic N) is 4. The first-order chi connectivity index (χ1) is 15.2. The predicted molar refractivity (Wildman–Crippen MR) is 112 cm³/mol. The summed E-state index contributed by atoms with van der Waals surface area (Å²) in [5.41, 5.74) is 0.817. The quantitative estimate of drug-likeness (QED) is 0.685. The van der Waals surface area contributed by atoms with E-state index in [9.17, 15) is 4.79 Å². The van der Waals surface area contributed by atoms with Crippen LogP contribution >= 0.6 is 0 Å². The highest BCUT2D eigenvalue weighted by Gasteiger charge is 2.30. The monoisotopic (exact) mass is 421 g/mol. The van der Waals surface area contributed by atoms with Gasteiger partial charge in [0, 0.05) is 25.3 Å². The van der Waals surface area contributed by atoms with E-state index in [-0.39, 0.29) is 18.6 Å². The molecule has 9 heteroatoms. The van der Waals surface area contributed by atoms with Crippen molar-refractivity contribution in [1.29, 1.82) is 0 Å². The lowest BCUT2D eigenvalue weighted by Crippen LogP contribution is -2.51. The average molecular weight is 421 g/mol. The summed E-state index contributed by atoms with van der Waals surface area (Å²) in [6, 6.07) is 11.2. The van der Waals surface area contributed by atoms with E-state index in [2.05, 4.69) is 25.3 Å². The van der Waals surface area contributed by atoms with Gasteiger partial charge >= 0.3 is 0 Å². The molecule has 1 unspecified atom stereocenters. The molecule has 0 radical (unpaired) electrons. The zero-order valence-electron chi connectivity index (χ0n) is 17.2. The minimum Gasteiger partial charge on any atom is -0.485 e. The van der Waals surface area contributed by atoms with E-state index in [1.165, 1.54) is 0 Å². The molecule has 0 aliphatic carbocycles. The summed E-state index contributed by atoms with van der Waals surface area (Å²) in [7, 11) is 0. The third kappa shape index (κ3) is 4.03. The fourth-order valence-electron chi connectivity index (χ4n) is 3.90. The zero-order valence-corrected chi connectivity index (χ0v) is 17.2. The molecular formula is C22H23N5O4. The van der Waals surface area contributed by atoms with Crippen molar-refractivity contribution >= 4 is 11.7 Å². The van der Waals surface area contributed by atoms with Gasteiger partial charge in [0.25, 0.3) is 11.8 Å². The number of piperidine rings is 1. The first-order valence-electron chi connectivity index (χ1n) is 10.4. The summed E-state index contributed by atoms with van der Waals surface area (Å²) >= 11 is 0. The molecule has 9 nitrogen and oxygen atoms in total. The van der Waals surface area contributed by atoms with Crippen LogP contribution in [0.1, 0.15) is 18.7 Å². The van der Waals surface area contributed by atoms with Crippen LogP contribution < -0.4 is 19.7 Å². The Morgan fingerprint density at radius 3 is 2.71 bits per heavy atom. The van der Waals surface area contributed by atoms with Crippen molar-refractivity contribution in [2.45, 2.75) is 31.9 Å². The number of aromatic nitrogens is 3. The highest BCUT2D eigenvalue weighted by Crippen LogP contribution is 2.31. The molecule has 2 aromatic heterocycles. The smallest absolute Gasteiger partial charge is 0.264 e. The number of para-hydroxylation sites is 2. The van der Waals surface area contributed by atoms with Gasteiger partial charge in [-0.15, -0.1) is 0 Å². The number of pyridine rings is 1. The maximum Gasteiger partial charge on any atom is 0.264 e. The zero-order chi connectivity index (χ0) is 21.2. The number of benzene rings is 1. The van der Waals surface area contributed by atoms with Gasteiger partial charge in [0.05, 0.1) is 5.56 Å². The third-order valence-electron chi connectivity index (χ3n) is 5.49. The standard InChI is InChI=1S/C22H23N5O4/c1-14-24-22(31-26-14)16-5-4-10-23-20(16)27-11-8-15(9-12-27)25-21(28)19-13-29-17-6-2-3-7-18(17)30-19/h2-7,10,15,19H,8-9,11-13H2,1H3,(H,25,28). The Balaban J connectivity index is 1.20. The molecule has 0 saturated carbocycles. The number of ether oxygens (including phenoxy) is 2. The van der Waals surface area contributed by atoms with Gasteiger partial charge < -0.3 is 24.2 Å². The number of rotatable bonds is 4. The number of carbonyl (C=O) groups excluding carboxylic acids is 1. The second-order valence-electron chi connectivity index (χ2n) is 7.66. The summed E-state index contributed by atoms with van der Waals surface area (Å²) in [5.74, 6) is 2.99. The minimum atomic E-state index is -0.643. The molecule has 160 valence electrons. The van der Waals surface area contributed by atoms with Crippen LogP contribution in [0.25, 0.3) is 11.5 Å². The normalized spacial score (nSPS) is 18.6. The Hall–Kier alpha value is -3.62. The summed E-state index contributed by atoms with van der Waals surface area (Å²) in [4.78, 5) is 23.8. The third-order valence-corrected chi connectivity index (χ3v) is 5.49. The highest BCUT2D eigenvalue weighted by molar-refractivity contribution is 5.82. The summed E-state index contributed by atoms with van der Waals surface area (Å²) in [5, 5.41) is 6.99. The van der Waals surface area contributed by atoms with E-state index in [0.717, 1.165) is 37.3 Å². The maximum absolute atomic E-state index is 12.7. The van der Waals surface area contributed by atoms with E-state index in [1.54, 1.807) is 13.1 Å². The number of carbonyl (C=O) groups is 1. The van der Waals surface area contributed by atoms with E-state index in [1.807, 2.05) is 36.4 Å². The van der Waals surface area contributed by atoms with Crippen molar-refractivity contribution in [3.05, 3.63) is 48.4 Å². The van der Waals surface area contributed by atoms with Crippen LogP contribution in [0.5, 0.6) is 11.5 Å². The van der Waals surface area contributed by atoms with Crippen molar-refractivity contribution in [2.75, 3.05) is 24.6 Å². The first kappa shape index (κ1) is 19.3. The topological polar surface area (TPSA) is 103 Å². The van der Waals surface area contributed by atoms with Crippen LogP contribution in [0.2, 0.25) is 0 Å². The molecule has 0 bridgehead atoms. The van der Waals surface area contributed by atoms with Gasteiger partial charge in [0.1, 0.15) is 12.4 Å². The minimum absolute atomic E-state index is 0.0716. The Kier molecular flexibility index (Phi) is 5.15. The number of nitrogens with one attached hydrogen (secondary N) is 1. The molecule has 1 atom stereocenters. The number of hydrogen-bond donors (Lipinski definition) is 1. The Morgan fingerprint density at radius 1 is 1.13 bits per heavy atom. The highest BCUT2D eigenvalue weighted by atomic mass is 16.6. The van der Waals surface area contributed by atoms with Crippen molar-refractivity contribution in [1.82, 2.24) is 20.4 Å². The molecule has 1 amide bonds. The fourth-order valence-corrected chi connectivity index (χ4v) is 3.90. The summed E-state index contributed by atoms with van der Waals surface area (Å²) < 4.78 is 16.8. The second kappa shape index (κ2) is 8.25. The van der Waals surface area contributed by atoms with Gasteiger partial charge in [0.15, 0.2) is 17.3 Å². The molecule has 2 aliphatic rings. The number of hydrogen-bond acceptors (Lipinski definition) is 8. The largest absolute Gasteiger partial charge is 0.485 e. The van der Waals surface area contributed by atoms with Gasteiger partial charge in [-0.05, 0) is 44.0 Å². The van der Waals surface area contributed by atoms with Crippen LogP contribution in [-0.4, -0.2) is 52.9 Å². The lowest BCUT2D eigenvalue weighted by atomic mass is 10.0. The van der Waals surface area contributed by atoms with Crippen molar-refractivity contribution < 1.29 is 18.8 Å². The van der Waals surface area contributed by atoms with E-state index < -0.39 is 6.10 Å². The van der Waals surface area contributed by atoms with Gasteiger partial charge in [-0.3, -0.25) is 4.79 Å². The molecule has 2 aliphatic heterocycles. The fraction of sp³-hybridized carbons (Fsp3) is 0.364. The molecule has 0 spiro atoms. The maximum atomic E-state index is 12.7.